The van der Waals surface area contributed by atoms with Crippen LogP contribution >= 0.6 is 0 Å². The summed E-state index contributed by atoms with van der Waals surface area (Å²) in [7, 11) is 0. The van der Waals surface area contributed by atoms with Crippen LogP contribution in [0.15, 0.2) is 0 Å². The Morgan fingerprint density at radius 3 is 2.75 bits per heavy atom. The summed E-state index contributed by atoms with van der Waals surface area (Å²) >= 11 is 0. The maximum absolute atomic E-state index is 3.60. The quantitative estimate of drug-likeness (QED) is 0.624. The number of nitrogens with one attached hydrogen (secondary N) is 1. The summed E-state index contributed by atoms with van der Waals surface area (Å²) in [5.41, 5.74) is 0. The highest BCUT2D eigenvalue weighted by Crippen LogP contribution is 2.13. The van der Waals surface area contributed by atoms with Crippen molar-refractivity contribution < 1.29 is 0 Å². The molecule has 0 aromatic carbocycles. The van der Waals surface area contributed by atoms with Crippen LogP contribution in [-0.4, -0.2) is 12.6 Å². The summed E-state index contributed by atoms with van der Waals surface area (Å²) in [5, 5.41) is 3.60. The van der Waals surface area contributed by atoms with Crippen LogP contribution in [0.5, 0.6) is 0 Å². The van der Waals surface area contributed by atoms with Crippen molar-refractivity contribution in [1.82, 2.24) is 5.32 Å². The maximum atomic E-state index is 3.60. The molecule has 1 atom stereocenters. The molecule has 1 N–H and O–H groups in total. The third-order valence-corrected chi connectivity index (χ3v) is 2.82. The van der Waals surface area contributed by atoms with Gasteiger partial charge in [0, 0.05) is 6.04 Å². The summed E-state index contributed by atoms with van der Waals surface area (Å²) in [6.45, 7) is 3.54. The van der Waals surface area contributed by atoms with Gasteiger partial charge < -0.3 is 5.32 Å². The monoisotopic (exact) mass is 169 g/mol. The molecule has 1 heteroatoms. The fourth-order valence-corrected chi connectivity index (χ4v) is 1.99. The van der Waals surface area contributed by atoms with E-state index < -0.39 is 0 Å². The normalized spacial score (nSPS) is 24.2. The van der Waals surface area contributed by atoms with E-state index in [9.17, 15) is 0 Å². The van der Waals surface area contributed by atoms with Crippen molar-refractivity contribution in [3.63, 3.8) is 0 Å². The molecule has 0 radical (unpaired) electrons. The van der Waals surface area contributed by atoms with E-state index in [1.807, 2.05) is 0 Å². The SMILES string of the molecule is CCCCCCC1CCCCN1. The van der Waals surface area contributed by atoms with Gasteiger partial charge in [0.2, 0.25) is 0 Å². The van der Waals surface area contributed by atoms with Crippen molar-refractivity contribution in [3.05, 3.63) is 0 Å². The van der Waals surface area contributed by atoms with Crippen LogP contribution in [0.3, 0.4) is 0 Å². The molecule has 1 saturated heterocycles. The minimum absolute atomic E-state index is 0.857. The van der Waals surface area contributed by atoms with E-state index in [0.29, 0.717) is 0 Å². The first-order chi connectivity index (χ1) is 5.93. The molecule has 1 heterocycles. The van der Waals surface area contributed by atoms with Crippen LogP contribution in [0, 0.1) is 0 Å². The molecule has 1 aliphatic heterocycles. The smallest absolute Gasteiger partial charge is 0.00670 e. The van der Waals surface area contributed by atoms with Gasteiger partial charge in [0.05, 0.1) is 0 Å². The van der Waals surface area contributed by atoms with Crippen LogP contribution in [0.1, 0.15) is 58.3 Å². The predicted molar refractivity (Wildman–Crippen MR) is 54.4 cm³/mol. The first-order valence-electron chi connectivity index (χ1n) is 5.67. The van der Waals surface area contributed by atoms with Gasteiger partial charge in [0.25, 0.3) is 0 Å². The summed E-state index contributed by atoms with van der Waals surface area (Å²) in [6, 6.07) is 0.857. The van der Waals surface area contributed by atoms with Crippen molar-refractivity contribution in [2.45, 2.75) is 64.3 Å². The molecule has 72 valence electrons. The van der Waals surface area contributed by atoms with Crippen molar-refractivity contribution in [3.8, 4) is 0 Å². The van der Waals surface area contributed by atoms with Crippen molar-refractivity contribution in [1.29, 1.82) is 0 Å². The summed E-state index contributed by atoms with van der Waals surface area (Å²) in [6.07, 6.45) is 11.3. The lowest BCUT2D eigenvalue weighted by Crippen LogP contribution is -2.33. The number of piperidine rings is 1. The summed E-state index contributed by atoms with van der Waals surface area (Å²) in [5.74, 6) is 0. The largest absolute Gasteiger partial charge is 0.314 e. The molecular formula is C11H23N. The van der Waals surface area contributed by atoms with E-state index in [-0.39, 0.29) is 0 Å². The maximum Gasteiger partial charge on any atom is 0.00670 e. The molecule has 0 amide bonds. The van der Waals surface area contributed by atoms with Gasteiger partial charge in [0.1, 0.15) is 0 Å². The van der Waals surface area contributed by atoms with E-state index in [1.54, 1.807) is 0 Å². The minimum atomic E-state index is 0.857. The number of hydrogen-bond acceptors (Lipinski definition) is 1. The molecule has 0 spiro atoms. The third-order valence-electron chi connectivity index (χ3n) is 2.82. The molecule has 12 heavy (non-hydrogen) atoms. The van der Waals surface area contributed by atoms with Gasteiger partial charge in [0.15, 0.2) is 0 Å². The van der Waals surface area contributed by atoms with Crippen LogP contribution < -0.4 is 5.32 Å². The zero-order valence-electron chi connectivity index (χ0n) is 8.44. The second-order valence-electron chi connectivity index (χ2n) is 4.00. The minimum Gasteiger partial charge on any atom is -0.314 e. The number of rotatable bonds is 5. The molecule has 0 aromatic heterocycles. The Balaban J connectivity index is 1.91. The van der Waals surface area contributed by atoms with Crippen LogP contribution in [0.2, 0.25) is 0 Å². The van der Waals surface area contributed by atoms with Gasteiger partial charge >= 0.3 is 0 Å². The molecule has 1 rings (SSSR count). The Morgan fingerprint density at radius 1 is 1.17 bits per heavy atom. The van der Waals surface area contributed by atoms with Gasteiger partial charge in [-0.1, -0.05) is 39.0 Å². The molecule has 0 saturated carbocycles. The third kappa shape index (κ3) is 4.10. The molecule has 1 fully saturated rings. The first-order valence-corrected chi connectivity index (χ1v) is 5.67. The fourth-order valence-electron chi connectivity index (χ4n) is 1.99. The van der Waals surface area contributed by atoms with E-state index in [2.05, 4.69) is 12.2 Å². The number of hydrogen-bond donors (Lipinski definition) is 1. The van der Waals surface area contributed by atoms with E-state index in [0.717, 1.165) is 6.04 Å². The Morgan fingerprint density at radius 2 is 2.08 bits per heavy atom. The van der Waals surface area contributed by atoms with E-state index in [1.165, 1.54) is 57.9 Å². The Bertz CT molecular complexity index is 95.2. The van der Waals surface area contributed by atoms with Gasteiger partial charge in [-0.15, -0.1) is 0 Å². The van der Waals surface area contributed by atoms with E-state index >= 15 is 0 Å². The average Bonchev–Trinajstić information content (AvgIpc) is 2.14. The average molecular weight is 169 g/mol. The summed E-state index contributed by atoms with van der Waals surface area (Å²) < 4.78 is 0. The molecule has 1 aliphatic rings. The summed E-state index contributed by atoms with van der Waals surface area (Å²) in [4.78, 5) is 0. The molecule has 0 aliphatic carbocycles. The highest BCUT2D eigenvalue weighted by atomic mass is 14.9. The zero-order valence-corrected chi connectivity index (χ0v) is 8.44. The lowest BCUT2D eigenvalue weighted by Gasteiger charge is -2.23. The standard InChI is InChI=1S/C11H23N/c1-2-3-4-5-8-11-9-6-7-10-12-11/h11-12H,2-10H2,1H3. The van der Waals surface area contributed by atoms with Crippen molar-refractivity contribution in [2.24, 2.45) is 0 Å². The fraction of sp³-hybridized carbons (Fsp3) is 1.00. The van der Waals surface area contributed by atoms with Gasteiger partial charge in [-0.2, -0.15) is 0 Å². The lowest BCUT2D eigenvalue weighted by molar-refractivity contribution is 0.371. The first kappa shape index (κ1) is 10.0. The molecule has 0 aromatic rings. The van der Waals surface area contributed by atoms with Crippen LogP contribution in [-0.2, 0) is 0 Å². The second kappa shape index (κ2) is 6.47. The van der Waals surface area contributed by atoms with Gasteiger partial charge in [-0.25, -0.2) is 0 Å². The van der Waals surface area contributed by atoms with Gasteiger partial charge in [-0.05, 0) is 25.8 Å². The van der Waals surface area contributed by atoms with Crippen molar-refractivity contribution >= 4 is 0 Å². The highest BCUT2D eigenvalue weighted by molar-refractivity contribution is 4.71. The molecule has 0 bridgehead atoms. The Kier molecular flexibility index (Phi) is 5.42. The Labute approximate surface area is 76.9 Å². The topological polar surface area (TPSA) is 12.0 Å². The number of unbranched alkanes of at least 4 members (excludes halogenated alkanes) is 3. The molecular weight excluding hydrogens is 146 g/mol. The van der Waals surface area contributed by atoms with Crippen LogP contribution in [0.25, 0.3) is 0 Å². The molecule has 1 unspecified atom stereocenters. The van der Waals surface area contributed by atoms with Crippen molar-refractivity contribution in [2.75, 3.05) is 6.54 Å². The van der Waals surface area contributed by atoms with Gasteiger partial charge in [-0.3, -0.25) is 0 Å². The molecule has 1 nitrogen and oxygen atoms in total. The van der Waals surface area contributed by atoms with E-state index in [4.69, 9.17) is 0 Å². The predicted octanol–water partition coefficient (Wildman–Crippen LogP) is 3.10. The lowest BCUT2D eigenvalue weighted by atomic mass is 9.99. The second-order valence-corrected chi connectivity index (χ2v) is 4.00. The zero-order chi connectivity index (χ0) is 8.65. The highest BCUT2D eigenvalue weighted by Gasteiger charge is 2.10. The van der Waals surface area contributed by atoms with Crippen LogP contribution in [0.4, 0.5) is 0 Å². The Hall–Kier alpha value is -0.0400.